The number of carbonyl (C=O) groups excluding carboxylic acids is 1. The van der Waals surface area contributed by atoms with E-state index in [4.69, 9.17) is 4.74 Å². The van der Waals surface area contributed by atoms with Crippen LogP contribution in [0.2, 0.25) is 0 Å². The first-order valence-corrected chi connectivity index (χ1v) is 9.43. The van der Waals surface area contributed by atoms with E-state index in [1.807, 2.05) is 37.5 Å². The maximum Gasteiger partial charge on any atom is 0.251 e. The average Bonchev–Trinajstić information content (AvgIpc) is 3.24. The summed E-state index contributed by atoms with van der Waals surface area (Å²) in [6.07, 6.45) is 10.2. The normalized spacial score (nSPS) is 21.7. The zero-order valence-corrected chi connectivity index (χ0v) is 15.2. The van der Waals surface area contributed by atoms with Crippen molar-refractivity contribution in [2.24, 2.45) is 7.05 Å². The summed E-state index contributed by atoms with van der Waals surface area (Å²) < 4.78 is 7.80. The van der Waals surface area contributed by atoms with E-state index >= 15 is 0 Å². The summed E-state index contributed by atoms with van der Waals surface area (Å²) in [6, 6.07) is 7.78. The molecule has 6 nitrogen and oxygen atoms in total. The zero-order valence-electron chi connectivity index (χ0n) is 15.2. The van der Waals surface area contributed by atoms with E-state index in [0.29, 0.717) is 5.56 Å². The highest BCUT2D eigenvalue weighted by molar-refractivity contribution is 5.95. The van der Waals surface area contributed by atoms with E-state index in [-0.39, 0.29) is 17.6 Å². The summed E-state index contributed by atoms with van der Waals surface area (Å²) in [4.78, 5) is 12.7. The number of nitrogens with zero attached hydrogens (tertiary/aromatic N) is 2. The maximum absolute atomic E-state index is 12.7. The minimum absolute atomic E-state index is 0.0138. The summed E-state index contributed by atoms with van der Waals surface area (Å²) in [6.45, 7) is 0.744. The topological polar surface area (TPSA) is 68.2 Å². The predicted octanol–water partition coefficient (Wildman–Crippen LogP) is 3.39. The van der Waals surface area contributed by atoms with Gasteiger partial charge in [0.1, 0.15) is 0 Å². The second-order valence-electron chi connectivity index (χ2n) is 7.51. The van der Waals surface area contributed by atoms with Crippen LogP contribution >= 0.6 is 0 Å². The van der Waals surface area contributed by atoms with Crippen LogP contribution in [0.4, 0.5) is 11.4 Å². The molecule has 1 saturated carbocycles. The van der Waals surface area contributed by atoms with Gasteiger partial charge in [-0.3, -0.25) is 9.48 Å². The Kier molecular flexibility index (Phi) is 4.68. The van der Waals surface area contributed by atoms with Crippen molar-refractivity contribution >= 4 is 17.3 Å². The van der Waals surface area contributed by atoms with Gasteiger partial charge < -0.3 is 15.4 Å². The first-order valence-electron chi connectivity index (χ1n) is 9.43. The molecule has 1 atom stereocenters. The van der Waals surface area contributed by atoms with E-state index in [1.165, 1.54) is 12.8 Å². The number of nitrogens with one attached hydrogen (secondary N) is 2. The zero-order chi connectivity index (χ0) is 18.0. The Balaban J connectivity index is 1.40. The molecule has 2 N–H and O–H groups in total. The van der Waals surface area contributed by atoms with Crippen LogP contribution in [0, 0.1) is 0 Å². The molecular formula is C20H26N4O2. The smallest absolute Gasteiger partial charge is 0.251 e. The molecule has 1 aliphatic heterocycles. The minimum Gasteiger partial charge on any atom is -0.375 e. The van der Waals surface area contributed by atoms with Gasteiger partial charge >= 0.3 is 0 Å². The van der Waals surface area contributed by atoms with E-state index in [1.54, 1.807) is 10.9 Å². The molecule has 0 radical (unpaired) electrons. The fourth-order valence-corrected chi connectivity index (χ4v) is 4.18. The fraction of sp³-hybridized carbons (Fsp3) is 0.500. The van der Waals surface area contributed by atoms with Gasteiger partial charge in [0.2, 0.25) is 0 Å². The van der Waals surface area contributed by atoms with Crippen molar-refractivity contribution in [2.75, 3.05) is 11.9 Å². The van der Waals surface area contributed by atoms with Crippen molar-refractivity contribution in [1.29, 1.82) is 0 Å². The summed E-state index contributed by atoms with van der Waals surface area (Å²) in [5.41, 5.74) is 2.47. The average molecular weight is 354 g/mol. The number of rotatable bonds is 4. The number of anilines is 2. The lowest BCUT2D eigenvalue weighted by Crippen LogP contribution is -2.47. The van der Waals surface area contributed by atoms with Gasteiger partial charge in [-0.15, -0.1) is 0 Å². The van der Waals surface area contributed by atoms with Gasteiger partial charge in [0.15, 0.2) is 0 Å². The number of aryl methyl sites for hydroxylation is 1. The van der Waals surface area contributed by atoms with E-state index < -0.39 is 0 Å². The van der Waals surface area contributed by atoms with E-state index in [0.717, 1.165) is 43.7 Å². The van der Waals surface area contributed by atoms with Crippen molar-refractivity contribution in [3.05, 3.63) is 42.2 Å². The molecule has 138 valence electrons. The summed E-state index contributed by atoms with van der Waals surface area (Å²) in [5.74, 6) is -0.0140. The van der Waals surface area contributed by atoms with Gasteiger partial charge in [-0.2, -0.15) is 5.10 Å². The SMILES string of the molecule is Cn1cc(Nc2cccc(C(=O)NC3CCOC4(CCCC4)C3)c2)cn1. The molecule has 1 saturated heterocycles. The van der Waals surface area contributed by atoms with Gasteiger partial charge in [-0.05, 0) is 43.9 Å². The largest absolute Gasteiger partial charge is 0.375 e. The van der Waals surface area contributed by atoms with Crippen LogP contribution in [0.5, 0.6) is 0 Å². The molecule has 1 aliphatic carbocycles. The molecule has 2 aromatic rings. The van der Waals surface area contributed by atoms with Crippen molar-refractivity contribution in [3.8, 4) is 0 Å². The van der Waals surface area contributed by atoms with Crippen LogP contribution in [0.3, 0.4) is 0 Å². The third kappa shape index (κ3) is 3.75. The Bertz CT molecular complexity index is 780. The Morgan fingerprint density at radius 2 is 2.15 bits per heavy atom. The lowest BCUT2D eigenvalue weighted by atomic mass is 9.89. The second kappa shape index (κ2) is 7.11. The van der Waals surface area contributed by atoms with Crippen molar-refractivity contribution in [3.63, 3.8) is 0 Å². The lowest BCUT2D eigenvalue weighted by molar-refractivity contribution is -0.0823. The van der Waals surface area contributed by atoms with Crippen LogP contribution in [-0.4, -0.2) is 33.9 Å². The summed E-state index contributed by atoms with van der Waals surface area (Å²) in [5, 5.41) is 10.6. The van der Waals surface area contributed by atoms with Crippen LogP contribution < -0.4 is 10.6 Å². The Morgan fingerprint density at radius 1 is 1.31 bits per heavy atom. The molecule has 1 unspecified atom stereocenters. The van der Waals surface area contributed by atoms with Gasteiger partial charge in [0, 0.05) is 37.1 Å². The Morgan fingerprint density at radius 3 is 2.92 bits per heavy atom. The monoisotopic (exact) mass is 354 g/mol. The van der Waals surface area contributed by atoms with Crippen molar-refractivity contribution in [1.82, 2.24) is 15.1 Å². The summed E-state index contributed by atoms with van der Waals surface area (Å²) >= 11 is 0. The molecule has 2 fully saturated rings. The van der Waals surface area contributed by atoms with Crippen LogP contribution in [-0.2, 0) is 11.8 Å². The summed E-state index contributed by atoms with van der Waals surface area (Å²) in [7, 11) is 1.88. The highest BCUT2D eigenvalue weighted by atomic mass is 16.5. The van der Waals surface area contributed by atoms with E-state index in [2.05, 4.69) is 15.7 Å². The molecule has 1 aromatic carbocycles. The van der Waals surface area contributed by atoms with Crippen LogP contribution in [0.1, 0.15) is 48.9 Å². The van der Waals surface area contributed by atoms with Gasteiger partial charge in [0.25, 0.3) is 5.91 Å². The predicted molar refractivity (Wildman–Crippen MR) is 101 cm³/mol. The minimum atomic E-state index is -0.0140. The number of ether oxygens (including phenoxy) is 1. The number of aromatic nitrogens is 2. The Labute approximate surface area is 153 Å². The van der Waals surface area contributed by atoms with E-state index in [9.17, 15) is 4.79 Å². The second-order valence-corrected chi connectivity index (χ2v) is 7.51. The maximum atomic E-state index is 12.7. The molecule has 4 rings (SSSR count). The molecule has 1 aromatic heterocycles. The molecule has 2 heterocycles. The first-order chi connectivity index (χ1) is 12.6. The number of hydrogen-bond acceptors (Lipinski definition) is 4. The number of carbonyl (C=O) groups is 1. The van der Waals surface area contributed by atoms with Crippen molar-refractivity contribution in [2.45, 2.75) is 50.2 Å². The first kappa shape index (κ1) is 17.1. The van der Waals surface area contributed by atoms with Gasteiger partial charge in [-0.25, -0.2) is 0 Å². The van der Waals surface area contributed by atoms with Gasteiger partial charge in [-0.1, -0.05) is 18.9 Å². The quantitative estimate of drug-likeness (QED) is 0.883. The van der Waals surface area contributed by atoms with Crippen LogP contribution in [0.25, 0.3) is 0 Å². The van der Waals surface area contributed by atoms with Crippen LogP contribution in [0.15, 0.2) is 36.7 Å². The third-order valence-corrected chi connectivity index (χ3v) is 5.46. The fourth-order valence-electron chi connectivity index (χ4n) is 4.18. The molecule has 6 heteroatoms. The molecule has 2 aliphatic rings. The number of benzene rings is 1. The number of amides is 1. The molecule has 1 amide bonds. The Hall–Kier alpha value is -2.34. The lowest BCUT2D eigenvalue weighted by Gasteiger charge is -2.38. The standard InChI is InChI=1S/C20H26N4O2/c1-24-14-18(13-21-24)22-16-6-4-5-15(11-16)19(25)23-17-7-10-26-20(12-17)8-2-3-9-20/h4-6,11,13-14,17,22H,2-3,7-10,12H2,1H3,(H,23,25). The highest BCUT2D eigenvalue weighted by Crippen LogP contribution is 2.40. The molecule has 26 heavy (non-hydrogen) atoms. The third-order valence-electron chi connectivity index (χ3n) is 5.46. The van der Waals surface area contributed by atoms with Crippen molar-refractivity contribution < 1.29 is 9.53 Å². The number of hydrogen-bond donors (Lipinski definition) is 2. The molecule has 1 spiro atoms. The van der Waals surface area contributed by atoms with Gasteiger partial charge in [0.05, 0.1) is 17.5 Å². The molecule has 0 bridgehead atoms. The highest BCUT2D eigenvalue weighted by Gasteiger charge is 2.40. The molecular weight excluding hydrogens is 328 g/mol.